The SMILES string of the molecule is CC[C@H](C)[C@H]1O[C@]2(C=C[C@@H]1C)C[C@@H]1C[C@@H](C/C=C(\C)[C@@H](O[C@H]3C[C@H](OC)[C@@H](O[C@H]4C[C@H](OC)[C@@H](O)[C@H](C)O4)[C@H](C)O3)[C@@H](C)/C=C/C=C3\CO[C@@H]4[C@H](O)C(C)=C[C@@H](C(=O)O1)[C@]34O)O2.CO[C@H]1C[C@H](O[C@H]2[C@H](C)O[C@@H](O[C@@H]3/C(C)=C/C[C@@H]4C[C@@H](C[C@]5(C=C[C@H](C)[C@@H](C(C)C)O5)O4)OC(=O)[C@@H]4C=C(C)[C@@H](O)[C@H]5OC/C(=C\C=C\[C@@H]3C)[C@]54O)C[C@@H]2OC)O[C@@H](C)[C@@H]1O.Cc1cc(C2CC2)nc(Nc2ccccc2)n1. The van der Waals surface area contributed by atoms with Crippen LogP contribution in [0.3, 0.4) is 0 Å². The monoisotopic (exact) mass is 1960 g/mol. The lowest BCUT2D eigenvalue weighted by atomic mass is 9.71. The van der Waals surface area contributed by atoms with E-state index >= 15 is 0 Å². The van der Waals surface area contributed by atoms with E-state index < -0.39 is 182 Å². The van der Waals surface area contributed by atoms with Crippen molar-refractivity contribution >= 4 is 23.6 Å². The molecule has 2 aromatic rings. The summed E-state index contributed by atoms with van der Waals surface area (Å²) in [5, 5.41) is 71.6. The third-order valence-electron chi connectivity index (χ3n) is 31.4. The molecule has 12 aliphatic heterocycles. The highest BCUT2D eigenvalue weighted by atomic mass is 16.8. The summed E-state index contributed by atoms with van der Waals surface area (Å²) in [4.78, 5) is 37.6. The Labute approximate surface area is 826 Å². The summed E-state index contributed by atoms with van der Waals surface area (Å²) >= 11 is 0. The Morgan fingerprint density at radius 2 is 0.914 bits per heavy atom. The fourth-order valence-electron chi connectivity index (χ4n) is 22.9. The predicted molar refractivity (Wildman–Crippen MR) is 518 cm³/mol. The number of rotatable bonds is 18. The van der Waals surface area contributed by atoms with Crippen LogP contribution in [0.2, 0.25) is 0 Å². The Balaban J connectivity index is 0.000000180. The third kappa shape index (κ3) is 24.1. The molecule has 0 radical (unpaired) electrons. The number of carbonyl (C=O) groups excluding carboxylic acids is 2. The molecule has 15 aliphatic rings. The molecule has 7 N–H and O–H groups in total. The third-order valence-corrected chi connectivity index (χ3v) is 31.4. The molecule has 3 aliphatic carbocycles. The van der Waals surface area contributed by atoms with Crippen molar-refractivity contribution in [2.75, 3.05) is 47.0 Å². The zero-order valence-corrected chi connectivity index (χ0v) is 85.6. The van der Waals surface area contributed by atoms with Crippen LogP contribution < -0.4 is 5.32 Å². The number of fused-ring (bicyclic) bond motifs is 4. The number of aliphatic hydroxyl groups excluding tert-OH is 4. The highest BCUT2D eigenvalue weighted by Crippen LogP contribution is 2.52. The van der Waals surface area contributed by atoms with E-state index in [1.807, 2.05) is 101 Å². The summed E-state index contributed by atoms with van der Waals surface area (Å²) < 4.78 is 127. The van der Waals surface area contributed by atoms with Crippen molar-refractivity contribution in [3.8, 4) is 0 Å². The second-order valence-electron chi connectivity index (χ2n) is 42.3. The summed E-state index contributed by atoms with van der Waals surface area (Å²) in [6, 6.07) is 12.1. The van der Waals surface area contributed by atoms with Gasteiger partial charge in [-0.1, -0.05) is 153 Å². The first kappa shape index (κ1) is 108. The van der Waals surface area contributed by atoms with Crippen LogP contribution >= 0.6 is 0 Å². The van der Waals surface area contributed by atoms with Crippen molar-refractivity contribution in [1.82, 2.24) is 9.97 Å². The van der Waals surface area contributed by atoms with Crippen LogP contribution in [0, 0.1) is 54.3 Å². The first-order valence-corrected chi connectivity index (χ1v) is 51.2. The van der Waals surface area contributed by atoms with Crippen molar-refractivity contribution in [1.29, 1.82) is 0 Å². The van der Waals surface area contributed by atoms with Gasteiger partial charge in [0.2, 0.25) is 5.95 Å². The number of carbonyl (C=O) groups is 2. The molecule has 39 atom stereocenters. The minimum Gasteiger partial charge on any atom is -0.462 e. The number of esters is 2. The lowest BCUT2D eigenvalue weighted by Crippen LogP contribution is -2.58. The maximum atomic E-state index is 14.3. The van der Waals surface area contributed by atoms with E-state index in [-0.39, 0.29) is 85.3 Å². The minimum atomic E-state index is -1.84. The van der Waals surface area contributed by atoms with Crippen molar-refractivity contribution < 1.29 is 135 Å². The fraction of sp³-hybridized carbons (Fsp3) is 0.706. The van der Waals surface area contributed by atoms with E-state index in [4.69, 9.17) is 94.7 Å². The van der Waals surface area contributed by atoms with Gasteiger partial charge in [-0.2, -0.15) is 0 Å². The number of nitrogens with zero attached hydrogens (tertiary/aromatic N) is 2. The maximum absolute atomic E-state index is 14.3. The van der Waals surface area contributed by atoms with Crippen LogP contribution in [0.15, 0.2) is 155 Å². The van der Waals surface area contributed by atoms with Crippen LogP contribution in [0.5, 0.6) is 0 Å². The molecule has 8 saturated heterocycles. The number of methoxy groups -OCH3 is 4. The van der Waals surface area contributed by atoms with Crippen LogP contribution in [0.25, 0.3) is 0 Å². The second kappa shape index (κ2) is 46.3. The number of anilines is 2. The van der Waals surface area contributed by atoms with Crippen LogP contribution in [-0.4, -0.2) is 289 Å². The molecular weight excluding hydrogens is 1800 g/mol. The molecule has 4 bridgehead atoms. The van der Waals surface area contributed by atoms with Gasteiger partial charge in [-0.15, -0.1) is 0 Å². The maximum Gasteiger partial charge on any atom is 0.316 e. The number of hydrogen-bond donors (Lipinski definition) is 7. The number of nitrogens with one attached hydrogen (secondary N) is 1. The van der Waals surface area contributed by atoms with E-state index in [2.05, 4.69) is 101 Å². The lowest BCUT2D eigenvalue weighted by molar-refractivity contribution is -0.318. The number of para-hydroxylation sites is 1. The fourth-order valence-corrected chi connectivity index (χ4v) is 22.9. The van der Waals surface area contributed by atoms with Crippen molar-refractivity contribution in [2.45, 2.75) is 402 Å². The van der Waals surface area contributed by atoms with Crippen LogP contribution in [0.4, 0.5) is 11.6 Å². The van der Waals surface area contributed by atoms with Gasteiger partial charge in [0, 0.05) is 126 Å². The van der Waals surface area contributed by atoms with Crippen molar-refractivity contribution in [2.24, 2.45) is 47.3 Å². The van der Waals surface area contributed by atoms with Gasteiger partial charge in [0.1, 0.15) is 84.1 Å². The highest BCUT2D eigenvalue weighted by molar-refractivity contribution is 5.79. The molecule has 31 nitrogen and oxygen atoms in total. The molecule has 9 fully saturated rings. The molecule has 776 valence electrons. The smallest absolute Gasteiger partial charge is 0.316 e. The van der Waals surface area contributed by atoms with Gasteiger partial charge in [-0.3, -0.25) is 9.59 Å². The average Bonchev–Trinajstić information content (AvgIpc) is 1.57. The molecule has 1 saturated carbocycles. The number of allylic oxidation sites excluding steroid dienone is 4. The number of aliphatic hydroxyl groups is 6. The van der Waals surface area contributed by atoms with Gasteiger partial charge < -0.3 is 131 Å². The van der Waals surface area contributed by atoms with E-state index in [0.29, 0.717) is 98.4 Å². The van der Waals surface area contributed by atoms with E-state index in [9.17, 15) is 40.2 Å². The van der Waals surface area contributed by atoms with E-state index in [0.717, 1.165) is 28.9 Å². The number of aryl methyl sites for hydroxylation is 1. The van der Waals surface area contributed by atoms with Gasteiger partial charge in [0.15, 0.2) is 36.7 Å². The first-order valence-electron chi connectivity index (χ1n) is 51.2. The molecule has 31 heteroatoms. The molecule has 1 aromatic carbocycles. The zero-order chi connectivity index (χ0) is 100. The van der Waals surface area contributed by atoms with Gasteiger partial charge >= 0.3 is 11.9 Å². The molecular formula is C109H157N3O28. The Kier molecular flexibility index (Phi) is 35.6. The van der Waals surface area contributed by atoms with E-state index in [1.165, 1.54) is 18.5 Å². The van der Waals surface area contributed by atoms with Crippen molar-refractivity contribution in [3.05, 3.63) is 166 Å². The molecule has 0 amide bonds. The largest absolute Gasteiger partial charge is 0.462 e. The predicted octanol–water partition coefficient (Wildman–Crippen LogP) is 13.8. The standard InChI is InChI=1S/C48H72O14.C47H70O14.C14H15N3/c1-11-25(2)43-28(5)17-18-47(62-43)23-34-20-33(61-47)16-15-27(4)42(26(3)13-12-14-32-24-55-45-40(49)29(6)19-35(46(51)58-34)48(32,45)52)59-39-22-37(54-10)44(31(8)57-39)60-38-21-36(53-9)41(50)30(7)56-38;1-24(2)41-27(5)16-17-46(61-41)22-33-19-32(60-46)15-14-26(4)42(25(3)12-11-13-31-23-54-44-39(48)28(6)18-34(45(50)57-33)47(31,44)51)58-38-21-36(53-10)43(30(8)56-38)59-37-20-35(52-9)40(49)29(7)55-37;1-10-9-13(11-7-8-11)17-14(15-10)16-12-5-3-2-4-6-12/h12-15,17-19,25-26,28,30-31,33-45,49-50,52H,11,16,20-24H2,1-10H3;11-14,16-18,24-25,27,29-30,32-44,48-49,51H,15,19-23H2,1-10H3;2-6,9,11H,7-8H2,1H3,(H,15,16,17)/b13-12+,27-15+,32-14+;12-11+,26-14+,31-13+;/t25-,26-,28-,30-,31-,33+,34-,35-,36-,37-,38-,39-,40+,41-,42-,43+,44-,45+,47+,48+;25-,27-,29-,30-,32+,33-,34-,35-,36-,37-,38-,39+,40-,41+,42-,43-,44+,46+,47+;/m00./s1. The summed E-state index contributed by atoms with van der Waals surface area (Å²) in [6.07, 6.45) is 18.6. The van der Waals surface area contributed by atoms with Crippen LogP contribution in [-0.2, 0) is 104 Å². The Morgan fingerprint density at radius 1 is 0.493 bits per heavy atom. The molecule has 2 spiro atoms. The average molecular weight is 1960 g/mol. The number of benzene rings is 1. The summed E-state index contributed by atoms with van der Waals surface area (Å²) in [5.74, 6) is -3.82. The normalized spacial score (nSPS) is 45.0. The zero-order valence-electron chi connectivity index (χ0n) is 85.6. The molecule has 140 heavy (non-hydrogen) atoms. The Bertz CT molecular complexity index is 4840. The van der Waals surface area contributed by atoms with Crippen molar-refractivity contribution in [3.63, 3.8) is 0 Å². The lowest BCUT2D eigenvalue weighted by Gasteiger charge is -2.48. The molecule has 1 aromatic heterocycles. The second-order valence-corrected chi connectivity index (χ2v) is 42.3. The molecule has 17 rings (SSSR count). The summed E-state index contributed by atoms with van der Waals surface area (Å²) in [6.45, 7) is 34.1. The Morgan fingerprint density at radius 3 is 1.34 bits per heavy atom. The number of hydrogen-bond acceptors (Lipinski definition) is 31. The van der Waals surface area contributed by atoms with Crippen LogP contribution in [0.1, 0.15) is 212 Å². The Hall–Kier alpha value is -6.52. The molecule has 0 unspecified atom stereocenters. The number of ether oxygens (including phenoxy) is 20. The highest BCUT2D eigenvalue weighted by Gasteiger charge is 2.63. The van der Waals surface area contributed by atoms with Gasteiger partial charge in [-0.05, 0) is 164 Å². The summed E-state index contributed by atoms with van der Waals surface area (Å²) in [7, 11) is 6.44. The first-order chi connectivity index (χ1) is 66.8. The van der Waals surface area contributed by atoms with Gasteiger partial charge in [0.25, 0.3) is 0 Å². The topological polar surface area (TPSA) is 378 Å². The quantitative estimate of drug-likeness (QED) is 0.0538. The van der Waals surface area contributed by atoms with E-state index in [1.54, 1.807) is 80.4 Å². The van der Waals surface area contributed by atoms with Gasteiger partial charge in [-0.25, -0.2) is 9.97 Å². The van der Waals surface area contributed by atoms with Gasteiger partial charge in [0.05, 0.1) is 98.7 Å². The minimum absolute atomic E-state index is 0.0313. The number of aromatic nitrogens is 2. The molecule has 13 heterocycles. The summed E-state index contributed by atoms with van der Waals surface area (Å²) in [5.41, 5.74) is 3.50.